The van der Waals surface area contributed by atoms with Crippen molar-refractivity contribution in [3.05, 3.63) is 52.5 Å². The van der Waals surface area contributed by atoms with Crippen LogP contribution in [-0.4, -0.2) is 32.8 Å². The molecule has 0 bridgehead atoms. The first-order chi connectivity index (χ1) is 11.6. The van der Waals surface area contributed by atoms with Crippen molar-refractivity contribution in [2.45, 2.75) is 0 Å². The Bertz CT molecular complexity index is 674. The van der Waals surface area contributed by atoms with Crippen LogP contribution in [0, 0.1) is 0 Å². The number of hydrogen-bond donors (Lipinski definition) is 1. The second-order valence-electron chi connectivity index (χ2n) is 4.74. The van der Waals surface area contributed by atoms with E-state index in [2.05, 4.69) is 5.32 Å². The molecule has 0 aromatic heterocycles. The fourth-order valence-electron chi connectivity index (χ4n) is 1.90. The lowest BCUT2D eigenvalue weighted by Crippen LogP contribution is -2.32. The van der Waals surface area contributed by atoms with Crippen molar-refractivity contribution in [3.63, 3.8) is 0 Å². The molecule has 0 atom stereocenters. The highest BCUT2D eigenvalue weighted by atomic mass is 35.5. The summed E-state index contributed by atoms with van der Waals surface area (Å²) in [5, 5.41) is 3.59. The van der Waals surface area contributed by atoms with Gasteiger partial charge in [0.05, 0.1) is 13.7 Å². The SMILES string of the molecule is COc1ccccc1OCCNC(=O)COc1cc(Cl)cc(Cl)c1. The number of para-hydroxylation sites is 2. The van der Waals surface area contributed by atoms with Crippen LogP contribution in [-0.2, 0) is 4.79 Å². The summed E-state index contributed by atoms with van der Waals surface area (Å²) in [6.07, 6.45) is 0. The van der Waals surface area contributed by atoms with Gasteiger partial charge in [0.1, 0.15) is 12.4 Å². The first-order valence-electron chi connectivity index (χ1n) is 7.20. The zero-order chi connectivity index (χ0) is 17.4. The van der Waals surface area contributed by atoms with Gasteiger partial charge in [-0.15, -0.1) is 0 Å². The molecule has 1 amide bonds. The number of ether oxygens (including phenoxy) is 3. The average Bonchev–Trinajstić information content (AvgIpc) is 2.56. The minimum Gasteiger partial charge on any atom is -0.493 e. The average molecular weight is 370 g/mol. The van der Waals surface area contributed by atoms with Crippen molar-refractivity contribution in [1.82, 2.24) is 5.32 Å². The Hall–Kier alpha value is -2.11. The Morgan fingerprint density at radius 3 is 2.38 bits per heavy atom. The van der Waals surface area contributed by atoms with E-state index in [0.29, 0.717) is 40.4 Å². The molecule has 2 aromatic rings. The second kappa shape index (κ2) is 9.25. The number of benzene rings is 2. The van der Waals surface area contributed by atoms with Crippen molar-refractivity contribution in [2.75, 3.05) is 26.9 Å². The molecule has 0 aliphatic rings. The van der Waals surface area contributed by atoms with E-state index in [9.17, 15) is 4.79 Å². The van der Waals surface area contributed by atoms with Gasteiger partial charge in [-0.25, -0.2) is 0 Å². The molecule has 0 fully saturated rings. The maximum absolute atomic E-state index is 11.7. The molecule has 2 rings (SSSR count). The standard InChI is InChI=1S/C17H17Cl2NO4/c1-22-15-4-2-3-5-16(15)23-7-6-20-17(21)11-24-14-9-12(18)8-13(19)10-14/h2-5,8-10H,6-7,11H2,1H3,(H,20,21). The highest BCUT2D eigenvalue weighted by Crippen LogP contribution is 2.25. The van der Waals surface area contributed by atoms with Crippen molar-refractivity contribution in [2.24, 2.45) is 0 Å². The van der Waals surface area contributed by atoms with Gasteiger partial charge in [0, 0.05) is 10.0 Å². The third-order valence-electron chi connectivity index (χ3n) is 2.96. The summed E-state index contributed by atoms with van der Waals surface area (Å²) in [5.74, 6) is 1.44. The van der Waals surface area contributed by atoms with Gasteiger partial charge < -0.3 is 19.5 Å². The Kier molecular flexibility index (Phi) is 7.03. The fourth-order valence-corrected chi connectivity index (χ4v) is 2.41. The van der Waals surface area contributed by atoms with E-state index in [1.807, 2.05) is 12.1 Å². The lowest BCUT2D eigenvalue weighted by atomic mass is 10.3. The molecule has 0 saturated carbocycles. The summed E-state index contributed by atoms with van der Waals surface area (Å²) in [6.45, 7) is 0.525. The molecule has 24 heavy (non-hydrogen) atoms. The fraction of sp³-hybridized carbons (Fsp3) is 0.235. The number of carbonyl (C=O) groups is 1. The molecule has 128 valence electrons. The van der Waals surface area contributed by atoms with E-state index in [1.165, 1.54) is 0 Å². The van der Waals surface area contributed by atoms with Crippen LogP contribution in [0.15, 0.2) is 42.5 Å². The Morgan fingerprint density at radius 2 is 1.71 bits per heavy atom. The quantitative estimate of drug-likeness (QED) is 0.722. The van der Waals surface area contributed by atoms with Crippen LogP contribution in [0.4, 0.5) is 0 Å². The molecule has 0 aliphatic heterocycles. The van der Waals surface area contributed by atoms with Crippen molar-refractivity contribution >= 4 is 29.1 Å². The molecule has 0 heterocycles. The number of carbonyl (C=O) groups excluding carboxylic acids is 1. The molecule has 0 aliphatic carbocycles. The smallest absolute Gasteiger partial charge is 0.258 e. The maximum Gasteiger partial charge on any atom is 0.258 e. The Labute approximate surface area is 150 Å². The van der Waals surface area contributed by atoms with Crippen molar-refractivity contribution < 1.29 is 19.0 Å². The first-order valence-corrected chi connectivity index (χ1v) is 7.95. The van der Waals surface area contributed by atoms with Crippen molar-refractivity contribution in [3.8, 4) is 17.2 Å². The summed E-state index contributed by atoms with van der Waals surface area (Å²) < 4.78 is 16.1. The highest BCUT2D eigenvalue weighted by molar-refractivity contribution is 6.34. The number of rotatable bonds is 8. The van der Waals surface area contributed by atoms with Crippen molar-refractivity contribution in [1.29, 1.82) is 0 Å². The third kappa shape index (κ3) is 5.83. The van der Waals surface area contributed by atoms with Crippen LogP contribution >= 0.6 is 23.2 Å². The first kappa shape index (κ1) is 18.2. The van der Waals surface area contributed by atoms with Crippen LogP contribution in [0.5, 0.6) is 17.2 Å². The summed E-state index contributed by atoms with van der Waals surface area (Å²) in [6, 6.07) is 12.1. The minimum atomic E-state index is -0.269. The van der Waals surface area contributed by atoms with Gasteiger partial charge in [0.15, 0.2) is 18.1 Å². The predicted molar refractivity (Wildman–Crippen MR) is 93.5 cm³/mol. The largest absolute Gasteiger partial charge is 0.493 e. The molecule has 1 N–H and O–H groups in total. The normalized spacial score (nSPS) is 10.1. The maximum atomic E-state index is 11.7. The predicted octanol–water partition coefficient (Wildman–Crippen LogP) is 3.58. The van der Waals surface area contributed by atoms with Gasteiger partial charge in [-0.1, -0.05) is 35.3 Å². The van der Waals surface area contributed by atoms with Gasteiger partial charge >= 0.3 is 0 Å². The minimum absolute atomic E-state index is 0.134. The molecular formula is C17H17Cl2NO4. The zero-order valence-electron chi connectivity index (χ0n) is 13.1. The Balaban J connectivity index is 1.70. The van der Waals surface area contributed by atoms with E-state index in [4.69, 9.17) is 37.4 Å². The van der Waals surface area contributed by atoms with Gasteiger partial charge in [-0.3, -0.25) is 4.79 Å². The number of methoxy groups -OCH3 is 1. The second-order valence-corrected chi connectivity index (χ2v) is 5.62. The molecule has 0 saturated heterocycles. The third-order valence-corrected chi connectivity index (χ3v) is 3.39. The number of halogens is 2. The number of hydrogen-bond acceptors (Lipinski definition) is 4. The molecule has 0 radical (unpaired) electrons. The Morgan fingerprint density at radius 1 is 1.04 bits per heavy atom. The zero-order valence-corrected chi connectivity index (χ0v) is 14.6. The number of nitrogens with one attached hydrogen (secondary N) is 1. The van der Waals surface area contributed by atoms with E-state index >= 15 is 0 Å². The summed E-state index contributed by atoms with van der Waals surface area (Å²) in [7, 11) is 1.57. The summed E-state index contributed by atoms with van der Waals surface area (Å²) in [5.41, 5.74) is 0. The van der Waals surface area contributed by atoms with Crippen LogP contribution < -0.4 is 19.5 Å². The van der Waals surface area contributed by atoms with E-state index < -0.39 is 0 Å². The van der Waals surface area contributed by atoms with Gasteiger partial charge in [-0.2, -0.15) is 0 Å². The van der Waals surface area contributed by atoms with E-state index in [1.54, 1.807) is 37.4 Å². The van der Waals surface area contributed by atoms with Crippen LogP contribution in [0.25, 0.3) is 0 Å². The molecule has 2 aromatic carbocycles. The van der Waals surface area contributed by atoms with Crippen LogP contribution in [0.1, 0.15) is 0 Å². The van der Waals surface area contributed by atoms with Gasteiger partial charge in [0.25, 0.3) is 5.91 Å². The van der Waals surface area contributed by atoms with Gasteiger partial charge in [-0.05, 0) is 30.3 Å². The van der Waals surface area contributed by atoms with Gasteiger partial charge in [0.2, 0.25) is 0 Å². The number of amides is 1. The molecular weight excluding hydrogens is 353 g/mol. The molecule has 0 unspecified atom stereocenters. The van der Waals surface area contributed by atoms with Crippen LogP contribution in [0.3, 0.4) is 0 Å². The molecule has 7 heteroatoms. The summed E-state index contributed by atoms with van der Waals surface area (Å²) >= 11 is 11.7. The lowest BCUT2D eigenvalue weighted by molar-refractivity contribution is -0.123. The van der Waals surface area contributed by atoms with E-state index in [0.717, 1.165) is 0 Å². The molecule has 0 spiro atoms. The highest BCUT2D eigenvalue weighted by Gasteiger charge is 2.06. The van der Waals surface area contributed by atoms with E-state index in [-0.39, 0.29) is 12.5 Å². The van der Waals surface area contributed by atoms with Crippen LogP contribution in [0.2, 0.25) is 10.0 Å². The summed E-state index contributed by atoms with van der Waals surface area (Å²) in [4.78, 5) is 11.7. The topological polar surface area (TPSA) is 56.8 Å². The lowest BCUT2D eigenvalue weighted by Gasteiger charge is -2.11. The molecule has 5 nitrogen and oxygen atoms in total. The monoisotopic (exact) mass is 369 g/mol.